The van der Waals surface area contributed by atoms with Gasteiger partial charge in [-0.15, -0.1) is 0 Å². The lowest BCUT2D eigenvalue weighted by Crippen LogP contribution is -2.36. The van der Waals surface area contributed by atoms with Crippen molar-refractivity contribution in [2.24, 2.45) is 5.92 Å². The maximum atomic E-state index is 12.9. The Labute approximate surface area is 121 Å². The van der Waals surface area contributed by atoms with Crippen LogP contribution < -0.4 is 15.4 Å². The molecular weight excluding hydrogens is 287 g/mol. The fraction of sp³-hybridized carbons (Fsp3) is 0.462. The number of aliphatic hydroxyl groups is 1. The van der Waals surface area contributed by atoms with Crippen molar-refractivity contribution in [1.82, 2.24) is 10.6 Å². The molecule has 110 valence electrons. The van der Waals surface area contributed by atoms with Crippen molar-refractivity contribution >= 4 is 17.5 Å². The number of nitrogens with one attached hydrogen (secondary N) is 2. The molecule has 1 fully saturated rings. The van der Waals surface area contributed by atoms with Gasteiger partial charge in [0.05, 0.1) is 11.1 Å². The highest BCUT2D eigenvalue weighted by molar-refractivity contribution is 6.30. The average molecular weight is 303 g/mol. The van der Waals surface area contributed by atoms with E-state index in [0.717, 1.165) is 0 Å². The Balaban J connectivity index is 1.73. The molecule has 1 aromatic carbocycles. The maximum absolute atomic E-state index is 12.9. The quantitative estimate of drug-likeness (QED) is 0.743. The molecule has 0 radical (unpaired) electrons. The number of hydrogen-bond donors (Lipinski definition) is 3. The fourth-order valence-electron chi connectivity index (χ4n) is 1.94. The van der Waals surface area contributed by atoms with Gasteiger partial charge in [-0.2, -0.15) is 0 Å². The van der Waals surface area contributed by atoms with Gasteiger partial charge in [-0.1, -0.05) is 11.6 Å². The van der Waals surface area contributed by atoms with E-state index in [1.807, 2.05) is 0 Å². The smallest absolute Gasteiger partial charge is 0.257 e. The van der Waals surface area contributed by atoms with Crippen LogP contribution in [0.3, 0.4) is 0 Å². The summed E-state index contributed by atoms with van der Waals surface area (Å²) < 4.78 is 18.1. The first-order valence-corrected chi connectivity index (χ1v) is 6.67. The van der Waals surface area contributed by atoms with E-state index in [-0.39, 0.29) is 23.5 Å². The highest BCUT2D eigenvalue weighted by Gasteiger charge is 2.24. The van der Waals surface area contributed by atoms with Gasteiger partial charge in [0, 0.05) is 31.6 Å². The summed E-state index contributed by atoms with van der Waals surface area (Å²) in [6.07, 6.45) is -0.438. The van der Waals surface area contributed by atoms with E-state index >= 15 is 0 Å². The summed E-state index contributed by atoms with van der Waals surface area (Å²) in [6, 6.07) is 3.89. The van der Waals surface area contributed by atoms with Crippen molar-refractivity contribution < 1.29 is 19.0 Å². The Morgan fingerprint density at radius 1 is 1.55 bits per heavy atom. The van der Waals surface area contributed by atoms with Crippen LogP contribution in [0.25, 0.3) is 0 Å². The first kappa shape index (κ1) is 15.0. The number of halogens is 2. The van der Waals surface area contributed by atoms with E-state index in [1.54, 1.807) is 0 Å². The van der Waals surface area contributed by atoms with Crippen molar-refractivity contribution in [3.63, 3.8) is 0 Å². The second-order valence-electron chi connectivity index (χ2n) is 4.65. The van der Waals surface area contributed by atoms with E-state index in [9.17, 15) is 14.3 Å². The Bertz CT molecular complexity index is 487. The van der Waals surface area contributed by atoms with Gasteiger partial charge in [0.15, 0.2) is 6.61 Å². The molecule has 1 aromatic rings. The van der Waals surface area contributed by atoms with Crippen molar-refractivity contribution in [3.05, 3.63) is 29.0 Å². The number of hydrogen-bond acceptors (Lipinski definition) is 4. The lowest BCUT2D eigenvalue weighted by atomic mass is 10.1. The summed E-state index contributed by atoms with van der Waals surface area (Å²) in [6.45, 7) is 1.43. The third-order valence-electron chi connectivity index (χ3n) is 3.13. The lowest BCUT2D eigenvalue weighted by Gasteiger charge is -2.14. The molecule has 20 heavy (non-hydrogen) atoms. The molecule has 2 unspecified atom stereocenters. The standard InChI is InChI=1S/C13H16ClFN2O3/c14-10-3-9(1-2-11(10)15)20-7-13(19)17-5-8-4-16-6-12(8)18/h1-3,8,12,16,18H,4-7H2,(H,17,19). The SMILES string of the molecule is O=C(COc1ccc(F)c(Cl)c1)NCC1CNCC1O. The van der Waals surface area contributed by atoms with E-state index in [1.165, 1.54) is 18.2 Å². The summed E-state index contributed by atoms with van der Waals surface area (Å²) in [4.78, 5) is 11.6. The third-order valence-corrected chi connectivity index (χ3v) is 3.42. The lowest BCUT2D eigenvalue weighted by molar-refractivity contribution is -0.123. The fourth-order valence-corrected chi connectivity index (χ4v) is 2.11. The molecule has 2 rings (SSSR count). The normalized spacial score (nSPS) is 21.8. The van der Waals surface area contributed by atoms with Gasteiger partial charge in [0.2, 0.25) is 0 Å². The number of aliphatic hydroxyl groups excluding tert-OH is 1. The molecule has 0 bridgehead atoms. The van der Waals surface area contributed by atoms with Crippen LogP contribution in [0.1, 0.15) is 0 Å². The Kier molecular flexibility index (Phi) is 5.17. The van der Waals surface area contributed by atoms with Crippen LogP contribution in [0, 0.1) is 11.7 Å². The molecule has 7 heteroatoms. The maximum Gasteiger partial charge on any atom is 0.257 e. The number of β-amino-alcohol motifs (C(OH)–C–C–N with tert-alkyl or cyclic N) is 1. The molecule has 3 N–H and O–H groups in total. The number of amides is 1. The minimum absolute atomic E-state index is 0.0132. The highest BCUT2D eigenvalue weighted by atomic mass is 35.5. The molecular formula is C13H16ClFN2O3. The molecule has 1 aliphatic heterocycles. The number of carbonyl (C=O) groups is 1. The van der Waals surface area contributed by atoms with Crippen molar-refractivity contribution in [2.75, 3.05) is 26.2 Å². The number of carbonyl (C=O) groups excluding carboxylic acids is 1. The summed E-state index contributed by atoms with van der Waals surface area (Å²) in [5.74, 6) is -0.496. The summed E-state index contributed by atoms with van der Waals surface area (Å²) in [5.41, 5.74) is 0. The van der Waals surface area contributed by atoms with Gasteiger partial charge in [0.25, 0.3) is 5.91 Å². The molecule has 2 atom stereocenters. The van der Waals surface area contributed by atoms with E-state index in [0.29, 0.717) is 25.4 Å². The predicted molar refractivity (Wildman–Crippen MR) is 72.3 cm³/mol. The topological polar surface area (TPSA) is 70.6 Å². The monoisotopic (exact) mass is 302 g/mol. The van der Waals surface area contributed by atoms with E-state index < -0.39 is 11.9 Å². The molecule has 1 amide bonds. The van der Waals surface area contributed by atoms with Crippen LogP contribution in [-0.2, 0) is 4.79 Å². The average Bonchev–Trinajstić information content (AvgIpc) is 2.83. The predicted octanol–water partition coefficient (Wildman–Crippen LogP) is 0.554. The van der Waals surface area contributed by atoms with E-state index in [2.05, 4.69) is 10.6 Å². The van der Waals surface area contributed by atoms with E-state index in [4.69, 9.17) is 16.3 Å². The minimum Gasteiger partial charge on any atom is -0.484 e. The second kappa shape index (κ2) is 6.88. The van der Waals surface area contributed by atoms with Gasteiger partial charge in [-0.25, -0.2) is 4.39 Å². The Hall–Kier alpha value is -1.37. The largest absolute Gasteiger partial charge is 0.484 e. The van der Waals surface area contributed by atoms with Crippen LogP contribution in [0.2, 0.25) is 5.02 Å². The Morgan fingerprint density at radius 3 is 3.00 bits per heavy atom. The first-order valence-electron chi connectivity index (χ1n) is 6.29. The molecule has 1 heterocycles. The molecule has 0 spiro atoms. The van der Waals surface area contributed by atoms with Crippen molar-refractivity contribution in [2.45, 2.75) is 6.10 Å². The van der Waals surface area contributed by atoms with Gasteiger partial charge >= 0.3 is 0 Å². The van der Waals surface area contributed by atoms with Gasteiger partial charge in [-0.05, 0) is 12.1 Å². The molecule has 0 aromatic heterocycles. The number of rotatable bonds is 5. The van der Waals surface area contributed by atoms with Crippen molar-refractivity contribution in [1.29, 1.82) is 0 Å². The zero-order valence-electron chi connectivity index (χ0n) is 10.7. The molecule has 1 saturated heterocycles. The molecule has 5 nitrogen and oxygen atoms in total. The van der Waals surface area contributed by atoms with Crippen LogP contribution >= 0.6 is 11.6 Å². The van der Waals surface area contributed by atoms with Crippen molar-refractivity contribution in [3.8, 4) is 5.75 Å². The number of ether oxygens (including phenoxy) is 1. The van der Waals surface area contributed by atoms with Crippen LogP contribution in [0.15, 0.2) is 18.2 Å². The third kappa shape index (κ3) is 4.06. The van der Waals surface area contributed by atoms with Gasteiger partial charge in [0.1, 0.15) is 11.6 Å². The zero-order chi connectivity index (χ0) is 14.5. The van der Waals surface area contributed by atoms with Gasteiger partial charge in [-0.3, -0.25) is 4.79 Å². The summed E-state index contributed by atoms with van der Waals surface area (Å²) in [7, 11) is 0. The summed E-state index contributed by atoms with van der Waals surface area (Å²) >= 11 is 5.60. The second-order valence-corrected chi connectivity index (χ2v) is 5.06. The molecule has 1 aliphatic rings. The zero-order valence-corrected chi connectivity index (χ0v) is 11.5. The van der Waals surface area contributed by atoms with Crippen LogP contribution in [0.4, 0.5) is 4.39 Å². The summed E-state index contributed by atoms with van der Waals surface area (Å²) in [5, 5.41) is 15.2. The molecule has 0 aliphatic carbocycles. The molecule has 0 saturated carbocycles. The van der Waals surface area contributed by atoms with Crippen LogP contribution in [-0.4, -0.2) is 43.4 Å². The number of benzene rings is 1. The Morgan fingerprint density at radius 2 is 2.35 bits per heavy atom. The van der Waals surface area contributed by atoms with Crippen LogP contribution in [0.5, 0.6) is 5.75 Å². The minimum atomic E-state index is -0.536. The first-order chi connectivity index (χ1) is 9.56. The van der Waals surface area contributed by atoms with Gasteiger partial charge < -0.3 is 20.5 Å². The highest BCUT2D eigenvalue weighted by Crippen LogP contribution is 2.20.